The molecule has 1 aromatic carbocycles. The lowest BCUT2D eigenvalue weighted by Gasteiger charge is -2.17. The molecule has 23 heavy (non-hydrogen) atoms. The molecule has 0 spiro atoms. The Bertz CT molecular complexity index is 778. The zero-order valence-electron chi connectivity index (χ0n) is 13.1. The van der Waals surface area contributed by atoms with E-state index in [1.165, 1.54) is 18.4 Å². The summed E-state index contributed by atoms with van der Waals surface area (Å²) in [6.45, 7) is 0.594. The summed E-state index contributed by atoms with van der Waals surface area (Å²) in [6.07, 6.45) is 6.03. The molecule has 0 saturated heterocycles. The van der Waals surface area contributed by atoms with Crippen molar-refractivity contribution in [3.05, 3.63) is 52.7 Å². The topological polar surface area (TPSA) is 65.8 Å². The van der Waals surface area contributed by atoms with Gasteiger partial charge in [-0.15, -0.1) is 0 Å². The van der Waals surface area contributed by atoms with Crippen LogP contribution in [0, 0.1) is 11.3 Å². The lowest BCUT2D eigenvalue weighted by atomic mass is 9.95. The molecule has 1 N–H and O–H groups in total. The van der Waals surface area contributed by atoms with Crippen LogP contribution in [0.25, 0.3) is 0 Å². The lowest BCUT2D eigenvalue weighted by Crippen LogP contribution is -2.10. The third-order valence-electron chi connectivity index (χ3n) is 4.14. The van der Waals surface area contributed by atoms with Crippen LogP contribution in [0.1, 0.15) is 35.2 Å². The maximum absolute atomic E-state index is 11.4. The van der Waals surface area contributed by atoms with Gasteiger partial charge in [-0.2, -0.15) is 5.26 Å². The van der Waals surface area contributed by atoms with Gasteiger partial charge in [-0.05, 0) is 55.0 Å². The van der Waals surface area contributed by atoms with Crippen LogP contribution in [0.5, 0.6) is 0 Å². The summed E-state index contributed by atoms with van der Waals surface area (Å²) < 4.78 is 11.4. The summed E-state index contributed by atoms with van der Waals surface area (Å²) in [6, 6.07) is 11.9. The van der Waals surface area contributed by atoms with Gasteiger partial charge in [0, 0.05) is 34.2 Å². The fourth-order valence-electron chi connectivity index (χ4n) is 2.84. The third kappa shape index (κ3) is 3.59. The molecule has 118 valence electrons. The Balaban J connectivity index is 1.77. The first-order chi connectivity index (χ1) is 11.2. The van der Waals surface area contributed by atoms with Crippen LogP contribution in [0.4, 0.5) is 5.82 Å². The molecule has 0 aliphatic heterocycles. The van der Waals surface area contributed by atoms with Gasteiger partial charge in [-0.25, -0.2) is 4.98 Å². The van der Waals surface area contributed by atoms with E-state index in [0.29, 0.717) is 17.9 Å². The standard InChI is InChI=1S/C18H19N3OS/c1-23(22)16-8-6-13(7-9-16)12-20-18-15(11-19)10-14-4-2-3-5-17(14)21-18/h6-10H,2-5,12H2,1H3,(H,20,21)/t23-/m1/s1. The van der Waals surface area contributed by atoms with Crippen LogP contribution in [0.3, 0.4) is 0 Å². The Morgan fingerprint density at radius 1 is 1.26 bits per heavy atom. The molecule has 0 fully saturated rings. The summed E-state index contributed by atoms with van der Waals surface area (Å²) in [5, 5.41) is 12.6. The van der Waals surface area contributed by atoms with Gasteiger partial charge in [0.1, 0.15) is 11.9 Å². The predicted molar refractivity (Wildman–Crippen MR) is 91.7 cm³/mol. The van der Waals surface area contributed by atoms with Crippen LogP contribution in [0.15, 0.2) is 35.2 Å². The van der Waals surface area contributed by atoms with Gasteiger partial charge in [0.05, 0.1) is 5.56 Å². The molecule has 0 unspecified atom stereocenters. The Hall–Kier alpha value is -2.19. The Labute approximate surface area is 139 Å². The SMILES string of the molecule is C[S@@](=O)c1ccc(CNc2nc3c(cc2C#N)CCCC3)cc1. The maximum Gasteiger partial charge on any atom is 0.144 e. The van der Waals surface area contributed by atoms with Crippen molar-refractivity contribution in [1.29, 1.82) is 5.26 Å². The van der Waals surface area contributed by atoms with E-state index in [0.717, 1.165) is 29.0 Å². The predicted octanol–water partition coefficient (Wildman–Crippen LogP) is 3.18. The molecule has 0 radical (unpaired) electrons. The molecule has 2 aromatic rings. The minimum absolute atomic E-state index is 0.594. The largest absolute Gasteiger partial charge is 0.365 e. The highest BCUT2D eigenvalue weighted by Crippen LogP contribution is 2.24. The van der Waals surface area contributed by atoms with E-state index in [2.05, 4.69) is 16.4 Å². The van der Waals surface area contributed by atoms with Crippen molar-refractivity contribution in [2.45, 2.75) is 37.1 Å². The first-order valence-corrected chi connectivity index (χ1v) is 9.32. The van der Waals surface area contributed by atoms with Crippen molar-refractivity contribution in [3.63, 3.8) is 0 Å². The Morgan fingerprint density at radius 2 is 2.00 bits per heavy atom. The first-order valence-electron chi connectivity index (χ1n) is 7.76. The Kier molecular flexibility index (Phi) is 4.73. The molecule has 1 aromatic heterocycles. The summed E-state index contributed by atoms with van der Waals surface area (Å²) in [7, 11) is -0.960. The number of hydrogen-bond donors (Lipinski definition) is 1. The summed E-state index contributed by atoms with van der Waals surface area (Å²) in [5.74, 6) is 0.663. The molecule has 1 heterocycles. The average molecular weight is 325 g/mol. The first kappa shape index (κ1) is 15.7. The van der Waals surface area contributed by atoms with Crippen molar-refractivity contribution in [2.75, 3.05) is 11.6 Å². The van der Waals surface area contributed by atoms with Crippen molar-refractivity contribution >= 4 is 16.6 Å². The molecule has 4 nitrogen and oxygen atoms in total. The second kappa shape index (κ2) is 6.93. The smallest absolute Gasteiger partial charge is 0.144 e. The minimum atomic E-state index is -0.960. The number of benzene rings is 1. The summed E-state index contributed by atoms with van der Waals surface area (Å²) in [5.41, 5.74) is 4.02. The number of nitrogens with zero attached hydrogens (tertiary/aromatic N) is 2. The fraction of sp³-hybridized carbons (Fsp3) is 0.333. The zero-order chi connectivity index (χ0) is 16.2. The molecular formula is C18H19N3OS. The molecule has 0 amide bonds. The maximum atomic E-state index is 11.4. The van der Waals surface area contributed by atoms with Gasteiger partial charge in [0.2, 0.25) is 0 Å². The van der Waals surface area contributed by atoms with Crippen molar-refractivity contribution in [3.8, 4) is 6.07 Å². The summed E-state index contributed by atoms with van der Waals surface area (Å²) in [4.78, 5) is 5.48. The number of fused-ring (bicyclic) bond motifs is 1. The number of nitriles is 1. The molecule has 1 aliphatic carbocycles. The van der Waals surface area contributed by atoms with E-state index >= 15 is 0 Å². The molecular weight excluding hydrogens is 306 g/mol. The zero-order valence-corrected chi connectivity index (χ0v) is 13.9. The monoisotopic (exact) mass is 325 g/mol. The minimum Gasteiger partial charge on any atom is -0.365 e. The average Bonchev–Trinajstić information content (AvgIpc) is 2.59. The van der Waals surface area contributed by atoms with Crippen LogP contribution in [-0.2, 0) is 30.2 Å². The van der Waals surface area contributed by atoms with Crippen LogP contribution in [0.2, 0.25) is 0 Å². The van der Waals surface area contributed by atoms with Crippen LogP contribution in [-0.4, -0.2) is 15.4 Å². The number of rotatable bonds is 4. The van der Waals surface area contributed by atoms with E-state index in [9.17, 15) is 9.47 Å². The van der Waals surface area contributed by atoms with E-state index in [-0.39, 0.29) is 0 Å². The second-order valence-corrected chi connectivity index (χ2v) is 7.14. The number of pyridine rings is 1. The van der Waals surface area contributed by atoms with Crippen molar-refractivity contribution in [2.24, 2.45) is 0 Å². The van der Waals surface area contributed by atoms with E-state index in [4.69, 9.17) is 0 Å². The third-order valence-corrected chi connectivity index (χ3v) is 5.07. The fourth-order valence-corrected chi connectivity index (χ4v) is 3.36. The number of nitrogens with one attached hydrogen (secondary N) is 1. The van der Waals surface area contributed by atoms with E-state index < -0.39 is 10.8 Å². The van der Waals surface area contributed by atoms with Gasteiger partial charge < -0.3 is 5.32 Å². The second-order valence-electron chi connectivity index (χ2n) is 5.76. The van der Waals surface area contributed by atoms with Crippen molar-refractivity contribution < 1.29 is 4.21 Å². The van der Waals surface area contributed by atoms with Gasteiger partial charge in [-0.3, -0.25) is 4.21 Å². The van der Waals surface area contributed by atoms with E-state index in [1.54, 1.807) is 6.26 Å². The molecule has 1 atom stereocenters. The molecule has 0 bridgehead atoms. The number of aryl methyl sites for hydroxylation is 2. The quantitative estimate of drug-likeness (QED) is 0.937. The van der Waals surface area contributed by atoms with Gasteiger partial charge in [-0.1, -0.05) is 12.1 Å². The van der Waals surface area contributed by atoms with Crippen LogP contribution < -0.4 is 5.32 Å². The summed E-state index contributed by atoms with van der Waals surface area (Å²) >= 11 is 0. The lowest BCUT2D eigenvalue weighted by molar-refractivity contribution is 0.668. The Morgan fingerprint density at radius 3 is 2.70 bits per heavy atom. The molecule has 3 rings (SSSR count). The van der Waals surface area contributed by atoms with Gasteiger partial charge in [0.15, 0.2) is 0 Å². The molecule has 0 saturated carbocycles. The van der Waals surface area contributed by atoms with Gasteiger partial charge in [0.25, 0.3) is 0 Å². The highest BCUT2D eigenvalue weighted by molar-refractivity contribution is 7.84. The highest BCUT2D eigenvalue weighted by Gasteiger charge is 2.15. The van der Waals surface area contributed by atoms with E-state index in [1.807, 2.05) is 30.3 Å². The number of hydrogen-bond acceptors (Lipinski definition) is 4. The van der Waals surface area contributed by atoms with Crippen LogP contribution >= 0.6 is 0 Å². The highest BCUT2D eigenvalue weighted by atomic mass is 32.2. The number of anilines is 1. The molecule has 1 aliphatic rings. The normalized spacial score (nSPS) is 14.6. The van der Waals surface area contributed by atoms with Gasteiger partial charge >= 0.3 is 0 Å². The number of aromatic nitrogens is 1. The molecule has 5 heteroatoms. The van der Waals surface area contributed by atoms with Crippen molar-refractivity contribution in [1.82, 2.24) is 4.98 Å².